The molecule has 1 atom stereocenters. The van der Waals surface area contributed by atoms with E-state index in [-0.39, 0.29) is 16.7 Å². The number of aromatic nitrogens is 1. The summed E-state index contributed by atoms with van der Waals surface area (Å²) in [6.07, 6.45) is 2.54. The SMILES string of the molecule is CCOc1ccc(/C(O)=C2/C(=O)C(=O)N(CCc3c[nH]c4ccccc34)C2c2sccc2C)cc1C(C)(C)C. The summed E-state index contributed by atoms with van der Waals surface area (Å²) in [5.41, 5.74) is 4.39. The highest BCUT2D eigenvalue weighted by atomic mass is 32.1. The molecule has 5 rings (SSSR count). The van der Waals surface area contributed by atoms with Gasteiger partial charge in [-0.3, -0.25) is 9.59 Å². The normalized spacial score (nSPS) is 17.4. The number of ether oxygens (including phenoxy) is 1. The molecule has 1 aliphatic heterocycles. The first-order valence-corrected chi connectivity index (χ1v) is 14.1. The van der Waals surface area contributed by atoms with Gasteiger partial charge >= 0.3 is 0 Å². The van der Waals surface area contributed by atoms with E-state index in [0.29, 0.717) is 25.1 Å². The molecule has 0 aliphatic carbocycles. The number of fused-ring (bicyclic) bond motifs is 1. The van der Waals surface area contributed by atoms with Gasteiger partial charge in [0.15, 0.2) is 0 Å². The van der Waals surface area contributed by atoms with Crippen LogP contribution < -0.4 is 4.74 Å². The van der Waals surface area contributed by atoms with Crippen LogP contribution in [0, 0.1) is 6.92 Å². The summed E-state index contributed by atoms with van der Waals surface area (Å²) in [7, 11) is 0. The van der Waals surface area contributed by atoms with Crippen molar-refractivity contribution in [3.05, 3.63) is 92.8 Å². The van der Waals surface area contributed by atoms with Crippen LogP contribution in [0.25, 0.3) is 16.7 Å². The van der Waals surface area contributed by atoms with Crippen LogP contribution in [-0.2, 0) is 21.4 Å². The number of aryl methyl sites for hydroxylation is 1. The van der Waals surface area contributed by atoms with Crippen LogP contribution in [0.1, 0.15) is 60.9 Å². The Morgan fingerprint density at radius 1 is 1.13 bits per heavy atom. The molecule has 39 heavy (non-hydrogen) atoms. The summed E-state index contributed by atoms with van der Waals surface area (Å²) in [4.78, 5) is 32.8. The van der Waals surface area contributed by atoms with Crippen molar-refractivity contribution in [3.8, 4) is 5.75 Å². The number of nitrogens with one attached hydrogen (secondary N) is 1. The number of H-pyrrole nitrogens is 1. The zero-order chi connectivity index (χ0) is 27.9. The quantitative estimate of drug-likeness (QED) is 0.151. The van der Waals surface area contributed by atoms with Crippen molar-refractivity contribution < 1.29 is 19.4 Å². The van der Waals surface area contributed by atoms with Crippen molar-refractivity contribution >= 4 is 39.7 Å². The molecule has 2 N–H and O–H groups in total. The molecule has 3 heterocycles. The molecule has 0 spiro atoms. The highest BCUT2D eigenvalue weighted by Gasteiger charge is 2.47. The lowest BCUT2D eigenvalue weighted by atomic mass is 9.84. The van der Waals surface area contributed by atoms with Gasteiger partial charge < -0.3 is 19.7 Å². The summed E-state index contributed by atoms with van der Waals surface area (Å²) in [5, 5.41) is 14.7. The van der Waals surface area contributed by atoms with E-state index in [1.807, 2.05) is 61.8 Å². The van der Waals surface area contributed by atoms with Crippen molar-refractivity contribution in [3.63, 3.8) is 0 Å². The van der Waals surface area contributed by atoms with Crippen molar-refractivity contribution in [2.45, 2.75) is 52.5 Å². The highest BCUT2D eigenvalue weighted by Crippen LogP contribution is 2.43. The minimum absolute atomic E-state index is 0.133. The van der Waals surface area contributed by atoms with E-state index in [0.717, 1.165) is 38.2 Å². The Morgan fingerprint density at radius 3 is 2.59 bits per heavy atom. The van der Waals surface area contributed by atoms with Crippen molar-refractivity contribution in [2.75, 3.05) is 13.2 Å². The number of aliphatic hydroxyl groups is 1. The zero-order valence-corrected chi connectivity index (χ0v) is 23.8. The van der Waals surface area contributed by atoms with Crippen LogP contribution in [0.5, 0.6) is 5.75 Å². The molecule has 0 radical (unpaired) electrons. The number of nitrogens with zero attached hydrogens (tertiary/aromatic N) is 1. The third-order valence-corrected chi connectivity index (χ3v) is 8.42. The van der Waals surface area contributed by atoms with E-state index in [9.17, 15) is 14.7 Å². The second kappa shape index (κ2) is 10.4. The Bertz CT molecular complexity index is 1590. The molecule has 1 saturated heterocycles. The van der Waals surface area contributed by atoms with E-state index in [1.54, 1.807) is 11.0 Å². The maximum Gasteiger partial charge on any atom is 0.295 e. The highest BCUT2D eigenvalue weighted by molar-refractivity contribution is 7.10. The predicted molar refractivity (Wildman–Crippen MR) is 156 cm³/mol. The predicted octanol–water partition coefficient (Wildman–Crippen LogP) is 6.90. The van der Waals surface area contributed by atoms with Crippen molar-refractivity contribution in [2.24, 2.45) is 0 Å². The molecule has 202 valence electrons. The molecular weight excluding hydrogens is 508 g/mol. The molecule has 1 amide bonds. The van der Waals surface area contributed by atoms with Gasteiger partial charge in [0.2, 0.25) is 0 Å². The maximum absolute atomic E-state index is 13.5. The molecule has 1 unspecified atom stereocenters. The number of benzene rings is 2. The van der Waals surface area contributed by atoms with Crippen LogP contribution in [0.4, 0.5) is 0 Å². The Balaban J connectivity index is 1.58. The molecule has 4 aromatic rings. The number of aliphatic hydroxyl groups excluding tert-OH is 1. The van der Waals surface area contributed by atoms with Crippen LogP contribution >= 0.6 is 11.3 Å². The van der Waals surface area contributed by atoms with Crippen molar-refractivity contribution in [1.29, 1.82) is 0 Å². The Labute approximate surface area is 232 Å². The van der Waals surface area contributed by atoms with E-state index in [1.165, 1.54) is 11.3 Å². The first kappa shape index (κ1) is 26.8. The fourth-order valence-corrected chi connectivity index (χ4v) is 6.37. The second-order valence-corrected chi connectivity index (χ2v) is 11.9. The Hall–Kier alpha value is -3.84. The number of likely N-dealkylation sites (tertiary alicyclic amines) is 1. The monoisotopic (exact) mass is 542 g/mol. The maximum atomic E-state index is 13.5. The van der Waals surface area contributed by atoms with Crippen LogP contribution in [0.3, 0.4) is 0 Å². The fraction of sp³-hybridized carbons (Fsp3) is 0.312. The number of carbonyl (C=O) groups excluding carboxylic acids is 2. The molecule has 1 aliphatic rings. The van der Waals surface area contributed by atoms with Gasteiger partial charge in [-0.25, -0.2) is 0 Å². The van der Waals surface area contributed by atoms with Crippen LogP contribution in [0.15, 0.2) is 65.7 Å². The average molecular weight is 543 g/mol. The minimum atomic E-state index is -0.657. The third-order valence-electron chi connectivity index (χ3n) is 7.35. The number of ketones is 1. The van der Waals surface area contributed by atoms with Crippen LogP contribution in [-0.4, -0.2) is 39.8 Å². The van der Waals surface area contributed by atoms with Crippen LogP contribution in [0.2, 0.25) is 0 Å². The lowest BCUT2D eigenvalue weighted by Crippen LogP contribution is -2.31. The Morgan fingerprint density at radius 2 is 1.90 bits per heavy atom. The molecule has 1 fully saturated rings. The van der Waals surface area contributed by atoms with E-state index < -0.39 is 17.7 Å². The Kier molecular flexibility index (Phi) is 7.12. The number of carbonyl (C=O) groups is 2. The van der Waals surface area contributed by atoms with E-state index in [4.69, 9.17) is 4.74 Å². The third kappa shape index (κ3) is 4.87. The lowest BCUT2D eigenvalue weighted by molar-refractivity contribution is -0.139. The van der Waals surface area contributed by atoms with E-state index >= 15 is 0 Å². The lowest BCUT2D eigenvalue weighted by Gasteiger charge is -2.25. The minimum Gasteiger partial charge on any atom is -0.507 e. The average Bonchev–Trinajstić information content (AvgIpc) is 3.58. The standard InChI is InChI=1S/C32H34N2O4S/c1-6-38-25-12-11-20(17-23(25)32(3,4)5)28(35)26-27(30-19(2)14-16-39-30)34(31(37)29(26)36)15-13-21-18-33-24-10-8-7-9-22(21)24/h7-12,14,16-18,27,33,35H,6,13,15H2,1-5H3/b28-26-. The summed E-state index contributed by atoms with van der Waals surface area (Å²) in [6, 6.07) is 14.8. The molecule has 7 heteroatoms. The number of rotatable bonds is 7. The number of Topliss-reactive ketones (excluding diaryl/α,β-unsaturated/α-hetero) is 1. The first-order valence-electron chi connectivity index (χ1n) is 13.3. The molecule has 6 nitrogen and oxygen atoms in total. The number of para-hydroxylation sites is 1. The summed E-state index contributed by atoms with van der Waals surface area (Å²) in [6.45, 7) is 11.0. The van der Waals surface area contributed by atoms with Gasteiger partial charge in [-0.1, -0.05) is 39.0 Å². The molecule has 2 aromatic heterocycles. The van der Waals surface area contributed by atoms with Gasteiger partial charge in [-0.15, -0.1) is 11.3 Å². The molecular formula is C32H34N2O4S. The fourth-order valence-electron chi connectivity index (χ4n) is 5.33. The molecule has 2 aromatic carbocycles. The second-order valence-electron chi connectivity index (χ2n) is 11.0. The van der Waals surface area contributed by atoms with Gasteiger partial charge in [-0.05, 0) is 72.5 Å². The van der Waals surface area contributed by atoms with Gasteiger partial charge in [0.25, 0.3) is 11.7 Å². The van der Waals surface area contributed by atoms with Gasteiger partial charge in [0.05, 0.1) is 18.2 Å². The molecule has 0 bridgehead atoms. The molecule has 0 saturated carbocycles. The van der Waals surface area contributed by atoms with Gasteiger partial charge in [0, 0.05) is 39.6 Å². The zero-order valence-electron chi connectivity index (χ0n) is 23.0. The van der Waals surface area contributed by atoms with Crippen molar-refractivity contribution in [1.82, 2.24) is 9.88 Å². The largest absolute Gasteiger partial charge is 0.507 e. The number of amides is 1. The summed E-state index contributed by atoms with van der Waals surface area (Å²) >= 11 is 1.50. The summed E-state index contributed by atoms with van der Waals surface area (Å²) in [5.74, 6) is -0.660. The first-order chi connectivity index (χ1) is 18.6. The van der Waals surface area contributed by atoms with Gasteiger partial charge in [-0.2, -0.15) is 0 Å². The number of hydrogen-bond acceptors (Lipinski definition) is 5. The number of aromatic amines is 1. The number of thiophene rings is 1. The topological polar surface area (TPSA) is 82.6 Å². The smallest absolute Gasteiger partial charge is 0.295 e. The number of hydrogen-bond donors (Lipinski definition) is 2. The summed E-state index contributed by atoms with van der Waals surface area (Å²) < 4.78 is 5.84. The van der Waals surface area contributed by atoms with E-state index in [2.05, 4.69) is 31.8 Å². The van der Waals surface area contributed by atoms with Gasteiger partial charge in [0.1, 0.15) is 11.5 Å².